The lowest BCUT2D eigenvalue weighted by molar-refractivity contribution is -0.160. The summed E-state index contributed by atoms with van der Waals surface area (Å²) >= 11 is 0. The number of β-amino-alcohol motifs (C(OH)–C–C–N with tert-alkyl or cyclic N) is 1. The average Bonchev–Trinajstić information content (AvgIpc) is 2.67. The molecule has 1 amide bonds. The van der Waals surface area contributed by atoms with Crippen LogP contribution in [-0.4, -0.2) is 59.1 Å². The van der Waals surface area contributed by atoms with Crippen molar-refractivity contribution in [2.45, 2.75) is 63.4 Å². The lowest BCUT2D eigenvalue weighted by atomic mass is 9.83. The molecular weight excluding hydrogens is 264 g/mol. The molecule has 1 unspecified atom stereocenters. The topological polar surface area (TPSA) is 43.8 Å². The van der Waals surface area contributed by atoms with Crippen LogP contribution in [0.5, 0.6) is 0 Å². The van der Waals surface area contributed by atoms with Crippen molar-refractivity contribution in [2.75, 3.05) is 32.7 Å². The molecule has 0 aromatic heterocycles. The van der Waals surface area contributed by atoms with Gasteiger partial charge in [0.2, 0.25) is 0 Å². The first-order valence-corrected chi connectivity index (χ1v) is 8.91. The van der Waals surface area contributed by atoms with Gasteiger partial charge in [-0.05, 0) is 57.5 Å². The highest BCUT2D eigenvalue weighted by molar-refractivity contribution is 5.86. The van der Waals surface area contributed by atoms with Gasteiger partial charge in [-0.1, -0.05) is 19.3 Å². The van der Waals surface area contributed by atoms with Gasteiger partial charge in [-0.15, -0.1) is 0 Å². The van der Waals surface area contributed by atoms with Crippen LogP contribution in [0, 0.1) is 5.92 Å². The monoisotopic (exact) mass is 294 g/mol. The van der Waals surface area contributed by atoms with Crippen LogP contribution in [0.3, 0.4) is 0 Å². The first-order valence-electron chi connectivity index (χ1n) is 8.91. The van der Waals surface area contributed by atoms with Crippen molar-refractivity contribution in [1.29, 1.82) is 0 Å². The highest BCUT2D eigenvalue weighted by Crippen LogP contribution is 2.31. The fourth-order valence-electron chi connectivity index (χ4n) is 4.04. The minimum Gasteiger partial charge on any atom is -0.379 e. The van der Waals surface area contributed by atoms with Gasteiger partial charge >= 0.3 is 0 Å². The number of nitrogens with zero attached hydrogens (tertiary/aromatic N) is 2. The maximum atomic E-state index is 12.7. The van der Waals surface area contributed by atoms with Crippen molar-refractivity contribution in [2.24, 2.45) is 5.92 Å². The number of carbonyl (C=O) groups is 1. The van der Waals surface area contributed by atoms with Crippen molar-refractivity contribution in [3.8, 4) is 0 Å². The Morgan fingerprint density at radius 1 is 1.00 bits per heavy atom. The standard InChI is InChI=1S/C17H30N2O2/c20-16-17(21,14-18-10-3-1-2-4-11-18)9-6-12-19(16)13-15-7-5-8-15/h15,21H,1-14H2. The summed E-state index contributed by atoms with van der Waals surface area (Å²) in [5, 5.41) is 10.9. The van der Waals surface area contributed by atoms with E-state index < -0.39 is 5.60 Å². The molecule has 0 radical (unpaired) electrons. The number of amides is 1. The lowest BCUT2D eigenvalue weighted by Crippen LogP contribution is -2.59. The van der Waals surface area contributed by atoms with Crippen LogP contribution >= 0.6 is 0 Å². The molecule has 1 atom stereocenters. The van der Waals surface area contributed by atoms with E-state index >= 15 is 0 Å². The third kappa shape index (κ3) is 3.59. The first-order chi connectivity index (χ1) is 10.2. The molecule has 1 aliphatic carbocycles. The van der Waals surface area contributed by atoms with E-state index in [0.717, 1.165) is 32.6 Å². The number of hydrogen-bond acceptors (Lipinski definition) is 3. The highest BCUT2D eigenvalue weighted by atomic mass is 16.3. The van der Waals surface area contributed by atoms with Gasteiger partial charge in [-0.25, -0.2) is 0 Å². The Morgan fingerprint density at radius 2 is 1.71 bits per heavy atom. The zero-order chi connectivity index (χ0) is 14.7. The van der Waals surface area contributed by atoms with E-state index in [4.69, 9.17) is 0 Å². The molecule has 3 rings (SSSR count). The third-order valence-electron chi connectivity index (χ3n) is 5.59. The highest BCUT2D eigenvalue weighted by Gasteiger charge is 2.43. The van der Waals surface area contributed by atoms with E-state index in [-0.39, 0.29) is 5.91 Å². The summed E-state index contributed by atoms with van der Waals surface area (Å²) in [6.45, 7) is 4.35. The van der Waals surface area contributed by atoms with Crippen LogP contribution in [0.15, 0.2) is 0 Å². The SMILES string of the molecule is O=C1N(CC2CCC2)CCCC1(O)CN1CCCCCC1. The van der Waals surface area contributed by atoms with Gasteiger partial charge in [0.05, 0.1) is 0 Å². The summed E-state index contributed by atoms with van der Waals surface area (Å²) in [5.74, 6) is 0.694. The molecular formula is C17H30N2O2. The number of piperidine rings is 1. The fraction of sp³-hybridized carbons (Fsp3) is 0.941. The maximum Gasteiger partial charge on any atom is 0.255 e. The van der Waals surface area contributed by atoms with Crippen LogP contribution in [0.25, 0.3) is 0 Å². The zero-order valence-corrected chi connectivity index (χ0v) is 13.2. The molecule has 2 aliphatic heterocycles. The molecule has 2 saturated heterocycles. The number of likely N-dealkylation sites (tertiary alicyclic amines) is 2. The minimum atomic E-state index is -1.12. The predicted octanol–water partition coefficient (Wildman–Crippen LogP) is 2.02. The van der Waals surface area contributed by atoms with Crippen molar-refractivity contribution in [3.63, 3.8) is 0 Å². The Hall–Kier alpha value is -0.610. The number of hydrogen-bond donors (Lipinski definition) is 1. The fourth-order valence-corrected chi connectivity index (χ4v) is 4.04. The second-order valence-corrected chi connectivity index (χ2v) is 7.37. The van der Waals surface area contributed by atoms with Gasteiger partial charge < -0.3 is 10.0 Å². The van der Waals surface area contributed by atoms with Gasteiger partial charge in [0.25, 0.3) is 5.91 Å². The van der Waals surface area contributed by atoms with Crippen molar-refractivity contribution < 1.29 is 9.90 Å². The molecule has 4 heteroatoms. The molecule has 0 bridgehead atoms. The average molecular weight is 294 g/mol. The Balaban J connectivity index is 1.59. The summed E-state index contributed by atoms with van der Waals surface area (Å²) in [7, 11) is 0. The van der Waals surface area contributed by atoms with Gasteiger partial charge in [-0.2, -0.15) is 0 Å². The summed E-state index contributed by atoms with van der Waals surface area (Å²) in [6, 6.07) is 0. The van der Waals surface area contributed by atoms with Crippen molar-refractivity contribution in [3.05, 3.63) is 0 Å². The third-order valence-corrected chi connectivity index (χ3v) is 5.59. The molecule has 21 heavy (non-hydrogen) atoms. The largest absolute Gasteiger partial charge is 0.379 e. The predicted molar refractivity (Wildman–Crippen MR) is 83.0 cm³/mol. The smallest absolute Gasteiger partial charge is 0.255 e. The van der Waals surface area contributed by atoms with Crippen LogP contribution in [0.2, 0.25) is 0 Å². The van der Waals surface area contributed by atoms with Crippen LogP contribution in [-0.2, 0) is 4.79 Å². The lowest BCUT2D eigenvalue weighted by Gasteiger charge is -2.42. The molecule has 0 aromatic carbocycles. The molecule has 0 aromatic rings. The van der Waals surface area contributed by atoms with E-state index in [1.54, 1.807) is 0 Å². The summed E-state index contributed by atoms with van der Waals surface area (Å²) < 4.78 is 0. The number of aliphatic hydroxyl groups is 1. The summed E-state index contributed by atoms with van der Waals surface area (Å²) in [6.07, 6.45) is 10.4. The van der Waals surface area contributed by atoms with E-state index in [0.29, 0.717) is 18.9 Å². The van der Waals surface area contributed by atoms with Gasteiger partial charge in [0.15, 0.2) is 5.60 Å². The molecule has 3 fully saturated rings. The molecule has 3 aliphatic rings. The minimum absolute atomic E-state index is 0.00453. The Kier molecular flexibility index (Phi) is 4.85. The number of carbonyl (C=O) groups excluding carboxylic acids is 1. The van der Waals surface area contributed by atoms with Gasteiger partial charge in [-0.3, -0.25) is 9.69 Å². The van der Waals surface area contributed by atoms with E-state index in [1.165, 1.54) is 44.9 Å². The van der Waals surface area contributed by atoms with Gasteiger partial charge in [0, 0.05) is 19.6 Å². The van der Waals surface area contributed by atoms with Crippen LogP contribution in [0.4, 0.5) is 0 Å². The first kappa shape index (κ1) is 15.3. The van der Waals surface area contributed by atoms with Crippen molar-refractivity contribution >= 4 is 5.91 Å². The van der Waals surface area contributed by atoms with Crippen LogP contribution < -0.4 is 0 Å². The van der Waals surface area contributed by atoms with Crippen LogP contribution in [0.1, 0.15) is 57.8 Å². The van der Waals surface area contributed by atoms with E-state index in [1.807, 2.05) is 4.90 Å². The normalized spacial score (nSPS) is 32.8. The number of rotatable bonds is 4. The molecule has 120 valence electrons. The second-order valence-electron chi connectivity index (χ2n) is 7.37. The quantitative estimate of drug-likeness (QED) is 0.862. The van der Waals surface area contributed by atoms with Crippen molar-refractivity contribution in [1.82, 2.24) is 9.80 Å². The zero-order valence-electron chi connectivity index (χ0n) is 13.2. The molecule has 0 spiro atoms. The van der Waals surface area contributed by atoms with E-state index in [2.05, 4.69) is 4.90 Å². The van der Waals surface area contributed by atoms with Gasteiger partial charge in [0.1, 0.15) is 0 Å². The maximum absolute atomic E-state index is 12.7. The molecule has 4 nitrogen and oxygen atoms in total. The van der Waals surface area contributed by atoms with E-state index in [9.17, 15) is 9.90 Å². The Morgan fingerprint density at radius 3 is 2.33 bits per heavy atom. The summed E-state index contributed by atoms with van der Waals surface area (Å²) in [5.41, 5.74) is -1.12. The second kappa shape index (κ2) is 6.66. The Bertz CT molecular complexity index is 362. The Labute approximate surface area is 128 Å². The molecule has 1 saturated carbocycles. The molecule has 2 heterocycles. The summed E-state index contributed by atoms with van der Waals surface area (Å²) in [4.78, 5) is 17.0. The molecule has 1 N–H and O–H groups in total.